The van der Waals surface area contributed by atoms with Gasteiger partial charge in [-0.05, 0) is 74.1 Å². The summed E-state index contributed by atoms with van der Waals surface area (Å²) in [5, 5.41) is 3.26. The van der Waals surface area contributed by atoms with E-state index in [1.54, 1.807) is 0 Å². The number of rotatable bonds is 10. The highest BCUT2D eigenvalue weighted by Gasteiger charge is 2.47. The van der Waals surface area contributed by atoms with Crippen molar-refractivity contribution < 1.29 is 14.3 Å². The maximum Gasteiger partial charge on any atom is 0.311 e. The van der Waals surface area contributed by atoms with Crippen LogP contribution in [0.3, 0.4) is 0 Å². The molecule has 1 fully saturated rings. The smallest absolute Gasteiger partial charge is 0.311 e. The first-order chi connectivity index (χ1) is 17.2. The minimum absolute atomic E-state index is 0.127. The van der Waals surface area contributed by atoms with E-state index < -0.39 is 0 Å². The van der Waals surface area contributed by atoms with Gasteiger partial charge in [0.1, 0.15) is 0 Å². The maximum atomic E-state index is 13.2. The number of carbonyl (C=O) groups is 2. The molecule has 1 amide bonds. The summed E-state index contributed by atoms with van der Waals surface area (Å²) < 4.78 is 5.55. The van der Waals surface area contributed by atoms with Gasteiger partial charge in [0.15, 0.2) is 0 Å². The van der Waals surface area contributed by atoms with E-state index in [1.165, 1.54) is 11.1 Å². The van der Waals surface area contributed by atoms with E-state index in [0.717, 1.165) is 32.1 Å². The molecule has 1 aliphatic rings. The van der Waals surface area contributed by atoms with E-state index in [2.05, 4.69) is 53.8 Å². The van der Waals surface area contributed by atoms with Gasteiger partial charge in [-0.1, -0.05) is 78.9 Å². The van der Waals surface area contributed by atoms with Crippen LogP contribution in [0.15, 0.2) is 91.0 Å². The van der Waals surface area contributed by atoms with E-state index >= 15 is 0 Å². The van der Waals surface area contributed by atoms with Crippen LogP contribution in [0.1, 0.15) is 47.7 Å². The van der Waals surface area contributed by atoms with Crippen LogP contribution in [-0.2, 0) is 22.4 Å². The molecule has 0 aliphatic heterocycles. The Bertz CT molecular complexity index is 1070. The van der Waals surface area contributed by atoms with Crippen LogP contribution in [0, 0.1) is 17.8 Å². The van der Waals surface area contributed by atoms with Gasteiger partial charge in [0.05, 0.1) is 12.5 Å². The summed E-state index contributed by atoms with van der Waals surface area (Å²) in [4.78, 5) is 26.4. The number of benzene rings is 3. The fraction of sp³-hybridized carbons (Fsp3) is 0.355. The van der Waals surface area contributed by atoms with Crippen molar-refractivity contribution in [2.45, 2.75) is 45.1 Å². The van der Waals surface area contributed by atoms with Crippen LogP contribution in [0.25, 0.3) is 0 Å². The predicted octanol–water partition coefficient (Wildman–Crippen LogP) is 5.87. The van der Waals surface area contributed by atoms with Crippen molar-refractivity contribution in [2.24, 2.45) is 17.8 Å². The number of amides is 1. The van der Waals surface area contributed by atoms with Crippen molar-refractivity contribution in [1.82, 2.24) is 5.32 Å². The van der Waals surface area contributed by atoms with Crippen molar-refractivity contribution in [3.63, 3.8) is 0 Å². The monoisotopic (exact) mass is 469 g/mol. The van der Waals surface area contributed by atoms with Gasteiger partial charge < -0.3 is 10.1 Å². The Balaban J connectivity index is 1.56. The number of hydrogen-bond acceptors (Lipinski definition) is 3. The van der Waals surface area contributed by atoms with Crippen LogP contribution < -0.4 is 5.32 Å². The molecule has 1 saturated carbocycles. The molecule has 1 N–H and O–H groups in total. The van der Waals surface area contributed by atoms with Crippen LogP contribution >= 0.6 is 0 Å². The lowest BCUT2D eigenvalue weighted by Crippen LogP contribution is -2.45. The van der Waals surface area contributed by atoms with Crippen molar-refractivity contribution in [3.8, 4) is 0 Å². The zero-order valence-electron chi connectivity index (χ0n) is 20.4. The summed E-state index contributed by atoms with van der Waals surface area (Å²) >= 11 is 0. The highest BCUT2D eigenvalue weighted by Crippen LogP contribution is 2.42. The molecule has 0 unspecified atom stereocenters. The Morgan fingerprint density at radius 2 is 1.29 bits per heavy atom. The average Bonchev–Trinajstić information content (AvgIpc) is 3.25. The fourth-order valence-corrected chi connectivity index (χ4v) is 5.47. The fourth-order valence-electron chi connectivity index (χ4n) is 5.47. The quantitative estimate of drug-likeness (QED) is 0.378. The number of hydrogen-bond donors (Lipinski definition) is 1. The van der Waals surface area contributed by atoms with Gasteiger partial charge in [0.25, 0.3) is 5.91 Å². The molecule has 4 atom stereocenters. The van der Waals surface area contributed by atoms with Crippen LogP contribution in [0.2, 0.25) is 0 Å². The first-order valence-corrected chi connectivity index (χ1v) is 12.8. The molecule has 35 heavy (non-hydrogen) atoms. The Morgan fingerprint density at radius 1 is 0.771 bits per heavy atom. The number of esters is 1. The summed E-state index contributed by atoms with van der Waals surface area (Å²) in [7, 11) is 0. The maximum absolute atomic E-state index is 13.2. The zero-order valence-corrected chi connectivity index (χ0v) is 20.4. The van der Waals surface area contributed by atoms with Gasteiger partial charge in [0, 0.05) is 11.6 Å². The second kappa shape index (κ2) is 12.3. The normalized spacial score (nSPS) is 21.4. The first kappa shape index (κ1) is 24.7. The molecular weight excluding hydrogens is 434 g/mol. The number of ether oxygens (including phenoxy) is 1. The number of nitrogens with one attached hydrogen (secondary N) is 1. The largest absolute Gasteiger partial charge is 0.466 e. The molecule has 0 heterocycles. The van der Waals surface area contributed by atoms with Gasteiger partial charge in [-0.15, -0.1) is 0 Å². The second-order valence-electron chi connectivity index (χ2n) is 9.45. The first-order valence-electron chi connectivity index (χ1n) is 12.8. The minimum atomic E-state index is -0.341. The number of carbonyl (C=O) groups excluding carboxylic acids is 2. The molecule has 4 rings (SSSR count). The van der Waals surface area contributed by atoms with Crippen molar-refractivity contribution in [3.05, 3.63) is 108 Å². The van der Waals surface area contributed by atoms with Gasteiger partial charge in [-0.2, -0.15) is 0 Å². The van der Waals surface area contributed by atoms with E-state index in [0.29, 0.717) is 12.2 Å². The van der Waals surface area contributed by atoms with Crippen LogP contribution in [0.4, 0.5) is 0 Å². The van der Waals surface area contributed by atoms with Crippen LogP contribution in [-0.4, -0.2) is 24.5 Å². The van der Waals surface area contributed by atoms with E-state index in [9.17, 15) is 9.59 Å². The topological polar surface area (TPSA) is 55.4 Å². The standard InChI is InChI=1S/C31H35NO3/c1-2-35-31(34)28-26(20-18-23-12-6-3-7-13-23)22-27(21-19-24-14-8-4-9-15-24)29(28)32-30(33)25-16-10-5-11-17-25/h3-17,26-29H,2,18-22H2,1H3,(H,32,33)/t26-,27+,28+,29-/m1/s1. The van der Waals surface area contributed by atoms with Gasteiger partial charge in [-0.25, -0.2) is 0 Å². The van der Waals surface area contributed by atoms with Crippen molar-refractivity contribution in [1.29, 1.82) is 0 Å². The lowest BCUT2D eigenvalue weighted by molar-refractivity contribution is -0.150. The average molecular weight is 470 g/mol. The molecule has 0 aromatic heterocycles. The molecule has 3 aromatic carbocycles. The minimum Gasteiger partial charge on any atom is -0.466 e. The summed E-state index contributed by atoms with van der Waals surface area (Å²) in [5.74, 6) is -0.286. The zero-order chi connectivity index (χ0) is 24.5. The van der Waals surface area contributed by atoms with Crippen molar-refractivity contribution in [2.75, 3.05) is 6.61 Å². The third-order valence-corrected chi connectivity index (χ3v) is 7.19. The molecule has 3 aromatic rings. The molecular formula is C31H35NO3. The lowest BCUT2D eigenvalue weighted by Gasteiger charge is -2.27. The molecule has 4 heteroatoms. The van der Waals surface area contributed by atoms with E-state index in [-0.39, 0.29) is 35.7 Å². The highest BCUT2D eigenvalue weighted by molar-refractivity contribution is 5.94. The molecule has 4 nitrogen and oxygen atoms in total. The number of aryl methyl sites for hydroxylation is 2. The lowest BCUT2D eigenvalue weighted by atomic mass is 9.88. The Hall–Kier alpha value is -3.40. The molecule has 0 radical (unpaired) electrons. The highest BCUT2D eigenvalue weighted by atomic mass is 16.5. The van der Waals surface area contributed by atoms with Crippen molar-refractivity contribution >= 4 is 11.9 Å². The van der Waals surface area contributed by atoms with Gasteiger partial charge in [-0.3, -0.25) is 9.59 Å². The molecule has 1 aliphatic carbocycles. The summed E-state index contributed by atoms with van der Waals surface area (Å²) in [6.45, 7) is 2.19. The third kappa shape index (κ3) is 6.60. The third-order valence-electron chi connectivity index (χ3n) is 7.19. The Labute approximate surface area is 208 Å². The predicted molar refractivity (Wildman–Crippen MR) is 139 cm³/mol. The SMILES string of the molecule is CCOC(=O)[C@H]1[C@H](CCc2ccccc2)C[C@H](CCc2ccccc2)[C@H]1NC(=O)c1ccccc1. The van der Waals surface area contributed by atoms with Gasteiger partial charge in [0.2, 0.25) is 0 Å². The Kier molecular flexibility index (Phi) is 8.72. The van der Waals surface area contributed by atoms with Gasteiger partial charge >= 0.3 is 5.97 Å². The van der Waals surface area contributed by atoms with Crippen LogP contribution in [0.5, 0.6) is 0 Å². The molecule has 182 valence electrons. The summed E-state index contributed by atoms with van der Waals surface area (Å²) in [6.07, 6.45) is 4.55. The summed E-state index contributed by atoms with van der Waals surface area (Å²) in [6, 6.07) is 29.8. The molecule has 0 saturated heterocycles. The Morgan fingerprint density at radius 3 is 1.83 bits per heavy atom. The molecule has 0 bridgehead atoms. The summed E-state index contributed by atoms with van der Waals surface area (Å²) in [5.41, 5.74) is 3.17. The van der Waals surface area contributed by atoms with E-state index in [4.69, 9.17) is 4.74 Å². The van der Waals surface area contributed by atoms with E-state index in [1.807, 2.05) is 49.4 Å². The second-order valence-corrected chi connectivity index (χ2v) is 9.45. The molecule has 0 spiro atoms.